The van der Waals surface area contributed by atoms with E-state index >= 15 is 0 Å². The molecule has 3 heterocycles. The van der Waals surface area contributed by atoms with Crippen LogP contribution in [0.5, 0.6) is 5.75 Å². The molecule has 1 saturated heterocycles. The van der Waals surface area contributed by atoms with Gasteiger partial charge in [0.05, 0.1) is 23.6 Å². The lowest BCUT2D eigenvalue weighted by Crippen LogP contribution is -2.17. The summed E-state index contributed by atoms with van der Waals surface area (Å²) in [6.07, 6.45) is -0.954. The van der Waals surface area contributed by atoms with Crippen molar-refractivity contribution < 1.29 is 22.6 Å². The number of nitrogens with zero attached hydrogens (tertiary/aromatic N) is 3. The first-order valence-electron chi connectivity index (χ1n) is 9.81. The topological polar surface area (TPSA) is 60.7 Å². The van der Waals surface area contributed by atoms with Gasteiger partial charge in [-0.1, -0.05) is 0 Å². The van der Waals surface area contributed by atoms with Crippen LogP contribution in [-0.4, -0.2) is 33.9 Å². The third-order valence-corrected chi connectivity index (χ3v) is 5.08. The maximum Gasteiger partial charge on any atom is 0.416 e. The molecule has 0 spiro atoms. The second-order valence-electron chi connectivity index (χ2n) is 7.45. The van der Waals surface area contributed by atoms with E-state index in [-0.39, 0.29) is 18.3 Å². The zero-order valence-electron chi connectivity index (χ0n) is 16.8. The van der Waals surface area contributed by atoms with Crippen LogP contribution in [0.1, 0.15) is 35.4 Å². The molecule has 30 heavy (non-hydrogen) atoms. The number of hydrogen-bond acceptors (Lipinski definition) is 5. The van der Waals surface area contributed by atoms with Crippen LogP contribution in [0.15, 0.2) is 30.5 Å². The molecule has 1 fully saturated rings. The van der Waals surface area contributed by atoms with Crippen molar-refractivity contribution in [3.05, 3.63) is 53.0 Å². The summed E-state index contributed by atoms with van der Waals surface area (Å²) in [5.41, 5.74) is 2.77. The maximum absolute atomic E-state index is 13.2. The average molecular weight is 420 g/mol. The minimum absolute atomic E-state index is 0.0325. The Labute approximate surface area is 172 Å². The van der Waals surface area contributed by atoms with Crippen molar-refractivity contribution in [3.8, 4) is 5.75 Å². The molecule has 2 aromatic heterocycles. The van der Waals surface area contributed by atoms with E-state index in [1.165, 1.54) is 6.07 Å². The Morgan fingerprint density at radius 1 is 1.27 bits per heavy atom. The Morgan fingerprint density at radius 3 is 2.83 bits per heavy atom. The van der Waals surface area contributed by atoms with Crippen molar-refractivity contribution in [1.29, 1.82) is 0 Å². The van der Waals surface area contributed by atoms with Crippen molar-refractivity contribution in [1.82, 2.24) is 14.6 Å². The Bertz CT molecular complexity index is 1040. The van der Waals surface area contributed by atoms with Crippen LogP contribution in [-0.2, 0) is 17.5 Å². The largest absolute Gasteiger partial charge is 0.489 e. The monoisotopic (exact) mass is 420 g/mol. The van der Waals surface area contributed by atoms with Crippen LogP contribution < -0.4 is 10.1 Å². The summed E-state index contributed by atoms with van der Waals surface area (Å²) in [4.78, 5) is 4.51. The predicted molar refractivity (Wildman–Crippen MR) is 106 cm³/mol. The van der Waals surface area contributed by atoms with Gasteiger partial charge in [-0.05, 0) is 51.0 Å². The molecule has 4 rings (SSSR count). The first kappa shape index (κ1) is 20.5. The van der Waals surface area contributed by atoms with Gasteiger partial charge in [-0.25, -0.2) is 9.50 Å². The summed E-state index contributed by atoms with van der Waals surface area (Å²) >= 11 is 0. The van der Waals surface area contributed by atoms with Gasteiger partial charge in [-0.2, -0.15) is 18.3 Å². The second-order valence-corrected chi connectivity index (χ2v) is 7.45. The van der Waals surface area contributed by atoms with Crippen LogP contribution in [0.4, 0.5) is 18.9 Å². The molecule has 1 aliphatic heterocycles. The molecule has 1 unspecified atom stereocenters. The van der Waals surface area contributed by atoms with Gasteiger partial charge in [0.25, 0.3) is 0 Å². The SMILES string of the molecule is Cc1cc(C)n2ncc(CNc3cc(C(F)(F)F)ccc3OCC3CCCO3)c2n1. The Morgan fingerprint density at radius 2 is 2.10 bits per heavy atom. The quantitative estimate of drug-likeness (QED) is 0.635. The molecule has 0 bridgehead atoms. The minimum atomic E-state index is -4.44. The highest BCUT2D eigenvalue weighted by atomic mass is 19.4. The van der Waals surface area contributed by atoms with Gasteiger partial charge in [0, 0.05) is 30.1 Å². The molecular weight excluding hydrogens is 397 g/mol. The van der Waals surface area contributed by atoms with Crippen molar-refractivity contribution >= 4 is 11.3 Å². The number of fused-ring (bicyclic) bond motifs is 1. The molecule has 0 radical (unpaired) electrons. The highest BCUT2D eigenvalue weighted by Crippen LogP contribution is 2.35. The molecule has 0 aliphatic carbocycles. The van der Waals surface area contributed by atoms with Gasteiger partial charge in [0.15, 0.2) is 5.65 Å². The van der Waals surface area contributed by atoms with Crippen molar-refractivity contribution in [2.75, 3.05) is 18.5 Å². The summed E-state index contributed by atoms with van der Waals surface area (Å²) in [5.74, 6) is 0.357. The molecular formula is C21H23F3N4O2. The Kier molecular flexibility index (Phi) is 5.55. The molecule has 3 aromatic rings. The second kappa shape index (κ2) is 8.14. The summed E-state index contributed by atoms with van der Waals surface area (Å²) in [5, 5.41) is 7.40. The molecule has 1 aromatic carbocycles. The van der Waals surface area contributed by atoms with Gasteiger partial charge in [-0.15, -0.1) is 0 Å². The van der Waals surface area contributed by atoms with Crippen molar-refractivity contribution in [3.63, 3.8) is 0 Å². The summed E-state index contributed by atoms with van der Waals surface area (Å²) in [6, 6.07) is 5.36. The lowest BCUT2D eigenvalue weighted by Gasteiger charge is -2.17. The molecule has 9 heteroatoms. The Balaban J connectivity index is 1.58. The van der Waals surface area contributed by atoms with E-state index in [2.05, 4.69) is 15.4 Å². The zero-order valence-corrected chi connectivity index (χ0v) is 16.8. The van der Waals surface area contributed by atoms with Gasteiger partial charge in [0.2, 0.25) is 0 Å². The number of aryl methyl sites for hydroxylation is 2. The van der Waals surface area contributed by atoms with Crippen LogP contribution in [0.25, 0.3) is 5.65 Å². The summed E-state index contributed by atoms with van der Waals surface area (Å²) < 4.78 is 52.7. The number of benzene rings is 1. The van der Waals surface area contributed by atoms with E-state index in [1.54, 1.807) is 10.7 Å². The third kappa shape index (κ3) is 4.35. The van der Waals surface area contributed by atoms with Gasteiger partial charge >= 0.3 is 6.18 Å². The minimum Gasteiger partial charge on any atom is -0.489 e. The standard InChI is InChI=1S/C21H23F3N4O2/c1-13-8-14(2)28-20(27-13)15(11-26-28)10-25-18-9-16(21(22,23)24)5-6-19(18)30-12-17-4-3-7-29-17/h5-6,8-9,11,17,25H,3-4,7,10,12H2,1-2H3. The molecule has 0 amide bonds. The number of alkyl halides is 3. The number of nitrogens with one attached hydrogen (secondary N) is 1. The third-order valence-electron chi connectivity index (χ3n) is 5.08. The normalized spacial score (nSPS) is 16.9. The first-order chi connectivity index (χ1) is 14.3. The smallest absolute Gasteiger partial charge is 0.416 e. The summed E-state index contributed by atoms with van der Waals surface area (Å²) in [6.45, 7) is 5.07. The fourth-order valence-corrected chi connectivity index (χ4v) is 3.56. The number of rotatable bonds is 6. The summed E-state index contributed by atoms with van der Waals surface area (Å²) in [7, 11) is 0. The fraction of sp³-hybridized carbons (Fsp3) is 0.429. The maximum atomic E-state index is 13.2. The van der Waals surface area contributed by atoms with E-state index in [1.807, 2.05) is 19.9 Å². The van der Waals surface area contributed by atoms with E-state index < -0.39 is 11.7 Å². The fourth-order valence-electron chi connectivity index (χ4n) is 3.56. The van der Waals surface area contributed by atoms with E-state index in [0.717, 1.165) is 41.9 Å². The number of ether oxygens (including phenoxy) is 2. The van der Waals surface area contributed by atoms with Crippen molar-refractivity contribution in [2.45, 2.75) is 45.5 Å². The first-order valence-corrected chi connectivity index (χ1v) is 9.81. The van der Waals surface area contributed by atoms with E-state index in [0.29, 0.717) is 24.6 Å². The van der Waals surface area contributed by atoms with Crippen LogP contribution >= 0.6 is 0 Å². The molecule has 1 N–H and O–H groups in total. The zero-order chi connectivity index (χ0) is 21.3. The predicted octanol–water partition coefficient (Wildman–Crippen LogP) is 4.53. The lowest BCUT2D eigenvalue weighted by molar-refractivity contribution is -0.137. The average Bonchev–Trinajstić information content (AvgIpc) is 3.34. The van der Waals surface area contributed by atoms with Crippen LogP contribution in [0.3, 0.4) is 0 Å². The molecule has 0 saturated carbocycles. The van der Waals surface area contributed by atoms with Gasteiger partial charge < -0.3 is 14.8 Å². The Hall–Kier alpha value is -2.81. The van der Waals surface area contributed by atoms with E-state index in [9.17, 15) is 13.2 Å². The van der Waals surface area contributed by atoms with E-state index in [4.69, 9.17) is 9.47 Å². The lowest BCUT2D eigenvalue weighted by atomic mass is 10.1. The van der Waals surface area contributed by atoms with Crippen LogP contribution in [0.2, 0.25) is 0 Å². The van der Waals surface area contributed by atoms with Gasteiger partial charge in [0.1, 0.15) is 12.4 Å². The number of anilines is 1. The number of aromatic nitrogens is 3. The molecule has 160 valence electrons. The molecule has 1 atom stereocenters. The highest BCUT2D eigenvalue weighted by Gasteiger charge is 2.31. The molecule has 6 nitrogen and oxygen atoms in total. The number of hydrogen-bond donors (Lipinski definition) is 1. The van der Waals surface area contributed by atoms with Gasteiger partial charge in [-0.3, -0.25) is 0 Å². The highest BCUT2D eigenvalue weighted by molar-refractivity contribution is 5.60. The molecule has 1 aliphatic rings. The van der Waals surface area contributed by atoms with Crippen LogP contribution in [0, 0.1) is 13.8 Å². The number of halogens is 3. The van der Waals surface area contributed by atoms with Crippen molar-refractivity contribution in [2.24, 2.45) is 0 Å².